The molecule has 1 fully saturated rings. The second-order valence-corrected chi connectivity index (χ2v) is 5.05. The van der Waals surface area contributed by atoms with Crippen molar-refractivity contribution in [2.75, 3.05) is 39.9 Å². The Morgan fingerprint density at radius 2 is 2.19 bits per heavy atom. The molecular weight excluding hydrogens is 200 g/mol. The molecule has 96 valence electrons. The van der Waals surface area contributed by atoms with Crippen molar-refractivity contribution in [1.29, 1.82) is 0 Å². The average Bonchev–Trinajstić information content (AvgIpc) is 3.08. The van der Waals surface area contributed by atoms with Crippen LogP contribution in [0.25, 0.3) is 0 Å². The van der Waals surface area contributed by atoms with E-state index >= 15 is 0 Å². The molecule has 1 aliphatic rings. The molecule has 1 saturated carbocycles. The lowest BCUT2D eigenvalue weighted by molar-refractivity contribution is 0.0935. The number of hydrogen-bond acceptors (Lipinski definition) is 3. The maximum Gasteiger partial charge on any atom is 0.0593 e. The highest BCUT2D eigenvalue weighted by Gasteiger charge is 2.21. The highest BCUT2D eigenvalue weighted by Crippen LogP contribution is 2.28. The maximum absolute atomic E-state index is 5.64. The van der Waals surface area contributed by atoms with Crippen LogP contribution in [0.2, 0.25) is 0 Å². The summed E-state index contributed by atoms with van der Waals surface area (Å²) in [4.78, 5) is 2.37. The number of ether oxygens (including phenoxy) is 1. The van der Waals surface area contributed by atoms with Crippen molar-refractivity contribution >= 4 is 0 Å². The molecule has 1 N–H and O–H groups in total. The number of nitrogens with zero attached hydrogens (tertiary/aromatic N) is 1. The van der Waals surface area contributed by atoms with Crippen molar-refractivity contribution < 1.29 is 4.74 Å². The molecule has 0 amide bonds. The Morgan fingerprint density at radius 3 is 2.81 bits per heavy atom. The van der Waals surface area contributed by atoms with E-state index in [9.17, 15) is 0 Å². The molecule has 16 heavy (non-hydrogen) atoms. The van der Waals surface area contributed by atoms with Crippen molar-refractivity contribution in [2.24, 2.45) is 5.92 Å². The van der Waals surface area contributed by atoms with Crippen molar-refractivity contribution in [3.8, 4) is 0 Å². The van der Waals surface area contributed by atoms with Gasteiger partial charge in [0, 0.05) is 25.7 Å². The van der Waals surface area contributed by atoms with Gasteiger partial charge in [0.25, 0.3) is 0 Å². The van der Waals surface area contributed by atoms with Gasteiger partial charge in [-0.2, -0.15) is 0 Å². The van der Waals surface area contributed by atoms with Gasteiger partial charge in [0.1, 0.15) is 0 Å². The van der Waals surface area contributed by atoms with Crippen molar-refractivity contribution in [3.05, 3.63) is 0 Å². The molecule has 1 unspecified atom stereocenters. The highest BCUT2D eigenvalue weighted by molar-refractivity contribution is 4.72. The molecule has 0 bridgehead atoms. The van der Waals surface area contributed by atoms with Crippen LogP contribution in [0.1, 0.15) is 33.1 Å². The standard InChI is InChI=1S/C13H28N2O/c1-4-7-14-10-12(2)15(3)8-9-16-11-13-5-6-13/h12-14H,4-11H2,1-3H3. The first-order valence-electron chi connectivity index (χ1n) is 6.72. The zero-order valence-corrected chi connectivity index (χ0v) is 11.2. The summed E-state index contributed by atoms with van der Waals surface area (Å²) in [7, 11) is 2.18. The fraction of sp³-hybridized carbons (Fsp3) is 1.00. The third kappa shape index (κ3) is 6.46. The molecule has 1 aliphatic carbocycles. The van der Waals surface area contributed by atoms with Crippen LogP contribution in [0.4, 0.5) is 0 Å². The van der Waals surface area contributed by atoms with Gasteiger partial charge < -0.3 is 15.0 Å². The van der Waals surface area contributed by atoms with E-state index in [1.165, 1.54) is 19.3 Å². The summed E-state index contributed by atoms with van der Waals surface area (Å²) in [6.45, 7) is 9.57. The molecule has 0 aromatic carbocycles. The summed E-state index contributed by atoms with van der Waals surface area (Å²) in [6, 6.07) is 0.594. The van der Waals surface area contributed by atoms with Gasteiger partial charge in [-0.05, 0) is 45.7 Å². The molecule has 3 nitrogen and oxygen atoms in total. The van der Waals surface area contributed by atoms with Crippen LogP contribution in [0.15, 0.2) is 0 Å². The van der Waals surface area contributed by atoms with E-state index in [2.05, 4.69) is 31.1 Å². The Balaban J connectivity index is 1.92. The third-order valence-corrected chi connectivity index (χ3v) is 3.26. The lowest BCUT2D eigenvalue weighted by Gasteiger charge is -2.24. The second kappa shape index (κ2) is 8.04. The van der Waals surface area contributed by atoms with E-state index in [4.69, 9.17) is 4.74 Å². The molecule has 0 radical (unpaired) electrons. The molecule has 0 saturated heterocycles. The van der Waals surface area contributed by atoms with Gasteiger partial charge in [0.15, 0.2) is 0 Å². The Bertz CT molecular complexity index is 171. The van der Waals surface area contributed by atoms with Crippen LogP contribution in [0, 0.1) is 5.92 Å². The predicted molar refractivity (Wildman–Crippen MR) is 68.8 cm³/mol. The van der Waals surface area contributed by atoms with E-state index in [0.29, 0.717) is 6.04 Å². The number of likely N-dealkylation sites (N-methyl/N-ethyl adjacent to an activating group) is 1. The third-order valence-electron chi connectivity index (χ3n) is 3.26. The average molecular weight is 228 g/mol. The van der Waals surface area contributed by atoms with Gasteiger partial charge in [-0.3, -0.25) is 0 Å². The molecule has 0 aliphatic heterocycles. The zero-order valence-electron chi connectivity index (χ0n) is 11.2. The molecule has 0 aromatic rings. The first-order chi connectivity index (χ1) is 7.74. The van der Waals surface area contributed by atoms with E-state index in [-0.39, 0.29) is 0 Å². The van der Waals surface area contributed by atoms with Crippen molar-refractivity contribution in [1.82, 2.24) is 10.2 Å². The summed E-state index contributed by atoms with van der Waals surface area (Å²) in [5.74, 6) is 0.883. The van der Waals surface area contributed by atoms with Gasteiger partial charge in [-0.1, -0.05) is 6.92 Å². The van der Waals surface area contributed by atoms with Gasteiger partial charge in [0.2, 0.25) is 0 Å². The van der Waals surface area contributed by atoms with Gasteiger partial charge in [-0.15, -0.1) is 0 Å². The smallest absolute Gasteiger partial charge is 0.0593 e. The van der Waals surface area contributed by atoms with Gasteiger partial charge in [0.05, 0.1) is 6.61 Å². The van der Waals surface area contributed by atoms with Crippen LogP contribution in [-0.4, -0.2) is 50.8 Å². The minimum Gasteiger partial charge on any atom is -0.380 e. The number of hydrogen-bond donors (Lipinski definition) is 1. The number of nitrogens with one attached hydrogen (secondary N) is 1. The van der Waals surface area contributed by atoms with Crippen LogP contribution in [0.3, 0.4) is 0 Å². The summed E-state index contributed by atoms with van der Waals surface area (Å²) >= 11 is 0. The summed E-state index contributed by atoms with van der Waals surface area (Å²) in [5, 5.41) is 3.45. The summed E-state index contributed by atoms with van der Waals surface area (Å²) < 4.78 is 5.64. The fourth-order valence-corrected chi connectivity index (χ4v) is 1.61. The molecular formula is C13H28N2O. The largest absolute Gasteiger partial charge is 0.380 e. The topological polar surface area (TPSA) is 24.5 Å². The minimum atomic E-state index is 0.594. The van der Waals surface area contributed by atoms with Gasteiger partial charge >= 0.3 is 0 Å². The predicted octanol–water partition coefficient (Wildman–Crippen LogP) is 1.73. The lowest BCUT2D eigenvalue weighted by Crippen LogP contribution is -2.39. The maximum atomic E-state index is 5.64. The minimum absolute atomic E-state index is 0.594. The molecule has 0 heterocycles. The Hall–Kier alpha value is -0.120. The Labute approximate surface area is 101 Å². The zero-order chi connectivity index (χ0) is 11.8. The number of rotatable bonds is 10. The van der Waals surface area contributed by atoms with Gasteiger partial charge in [-0.25, -0.2) is 0 Å². The quantitative estimate of drug-likeness (QED) is 0.576. The highest BCUT2D eigenvalue weighted by atomic mass is 16.5. The molecule has 1 atom stereocenters. The van der Waals surface area contributed by atoms with E-state index in [1.807, 2.05) is 0 Å². The lowest BCUT2D eigenvalue weighted by atomic mass is 10.3. The van der Waals surface area contributed by atoms with Crippen LogP contribution in [-0.2, 0) is 4.74 Å². The van der Waals surface area contributed by atoms with Crippen LogP contribution < -0.4 is 5.32 Å². The molecule has 3 heteroatoms. The molecule has 0 spiro atoms. The van der Waals surface area contributed by atoms with E-state index < -0.39 is 0 Å². The SMILES string of the molecule is CCCNCC(C)N(C)CCOCC1CC1. The molecule has 0 aromatic heterocycles. The van der Waals surface area contributed by atoms with Crippen molar-refractivity contribution in [2.45, 2.75) is 39.2 Å². The monoisotopic (exact) mass is 228 g/mol. The van der Waals surface area contributed by atoms with E-state index in [1.54, 1.807) is 0 Å². The Kier molecular flexibility index (Phi) is 7.01. The molecule has 1 rings (SSSR count). The first kappa shape index (κ1) is 13.9. The van der Waals surface area contributed by atoms with E-state index in [0.717, 1.165) is 38.8 Å². The summed E-state index contributed by atoms with van der Waals surface area (Å²) in [6.07, 6.45) is 3.97. The second-order valence-electron chi connectivity index (χ2n) is 5.05. The van der Waals surface area contributed by atoms with Crippen LogP contribution >= 0.6 is 0 Å². The van der Waals surface area contributed by atoms with Crippen LogP contribution in [0.5, 0.6) is 0 Å². The normalized spacial score (nSPS) is 18.0. The Morgan fingerprint density at radius 1 is 1.44 bits per heavy atom. The summed E-state index contributed by atoms with van der Waals surface area (Å²) in [5.41, 5.74) is 0. The first-order valence-corrected chi connectivity index (χ1v) is 6.72. The van der Waals surface area contributed by atoms with Crippen molar-refractivity contribution in [3.63, 3.8) is 0 Å². The fourth-order valence-electron chi connectivity index (χ4n) is 1.61.